The normalized spacial score (nSPS) is 20.0. The Hall–Kier alpha value is -9.95. The number of rotatable bonds is 8. The van der Waals surface area contributed by atoms with E-state index >= 15 is 0 Å². The SMILES string of the molecule is Nc1cnc(-n2cnc3ccccc32)nc1NC1CCC(O)CC1.O=C(OC1CCC(n2c(=O)[nH]c3cnc(-n4cnc5ccccc54)nc32)CC1)n1ccnc1.O=c1[nH]c2cnc(-n3cnc4ccccc43)nc2n1C1CCC(O)CC1. The molecule has 15 rings (SSSR count). The highest BCUT2D eigenvalue weighted by Crippen LogP contribution is 2.33. The number of hydrogen-bond donors (Lipinski definition) is 6. The van der Waals surface area contributed by atoms with Gasteiger partial charge in [0.05, 0.1) is 69.6 Å². The Morgan fingerprint density at radius 2 is 1.00 bits per heavy atom. The van der Waals surface area contributed by atoms with Crippen molar-refractivity contribution < 1.29 is 19.7 Å². The van der Waals surface area contributed by atoms with Gasteiger partial charge in [-0.1, -0.05) is 36.4 Å². The van der Waals surface area contributed by atoms with Gasteiger partial charge in [0.25, 0.3) is 0 Å². The Morgan fingerprint density at radius 3 is 1.48 bits per heavy atom. The molecule has 3 aliphatic rings. The summed E-state index contributed by atoms with van der Waals surface area (Å²) in [5.74, 6) is 2.11. The minimum Gasteiger partial charge on any atom is -0.446 e. The molecule has 9 aromatic heterocycles. The van der Waals surface area contributed by atoms with Crippen molar-refractivity contribution in [2.24, 2.45) is 0 Å². The second-order valence-electron chi connectivity index (χ2n) is 21.1. The monoisotopic (exact) mass is 1120 g/mol. The van der Waals surface area contributed by atoms with Crippen LogP contribution in [0, 0.1) is 0 Å². The maximum atomic E-state index is 12.8. The molecule has 83 heavy (non-hydrogen) atoms. The lowest BCUT2D eigenvalue weighted by Crippen LogP contribution is -2.31. The van der Waals surface area contributed by atoms with Crippen molar-refractivity contribution >= 4 is 73.0 Å². The van der Waals surface area contributed by atoms with Crippen molar-refractivity contribution in [3.63, 3.8) is 0 Å². The number of nitrogens with zero attached hydrogens (tertiary/aromatic N) is 16. The van der Waals surface area contributed by atoms with Gasteiger partial charge in [-0.2, -0.15) is 15.0 Å². The van der Waals surface area contributed by atoms with E-state index in [-0.39, 0.29) is 47.8 Å². The number of aliphatic hydroxyl groups excluding tert-OH is 2. The van der Waals surface area contributed by atoms with Gasteiger partial charge < -0.3 is 36.0 Å². The van der Waals surface area contributed by atoms with Crippen LogP contribution in [0.2, 0.25) is 0 Å². The molecule has 9 heterocycles. The Morgan fingerprint density at radius 1 is 0.554 bits per heavy atom. The van der Waals surface area contributed by atoms with Crippen LogP contribution < -0.4 is 22.4 Å². The number of carbonyl (C=O) groups is 1. The lowest BCUT2D eigenvalue weighted by Gasteiger charge is -2.28. The number of hydrogen-bond acceptors (Lipinski definition) is 18. The first kappa shape index (κ1) is 52.4. The number of aliphatic hydroxyl groups is 2. The number of aromatic nitrogens is 18. The molecule has 3 aromatic carbocycles. The van der Waals surface area contributed by atoms with E-state index in [9.17, 15) is 24.6 Å². The highest BCUT2D eigenvalue weighted by Gasteiger charge is 2.29. The number of nitrogens with one attached hydrogen (secondary N) is 3. The van der Waals surface area contributed by atoms with Gasteiger partial charge >= 0.3 is 17.5 Å². The van der Waals surface area contributed by atoms with Crippen LogP contribution in [0.25, 0.3) is 73.3 Å². The zero-order chi connectivity index (χ0) is 56.6. The van der Waals surface area contributed by atoms with Crippen molar-refractivity contribution in [1.82, 2.24) is 87.2 Å². The summed E-state index contributed by atoms with van der Waals surface area (Å²) < 4.78 is 15.8. The Kier molecular flexibility index (Phi) is 14.2. The Labute approximate surface area is 470 Å². The molecule has 0 bridgehead atoms. The molecule has 0 aliphatic heterocycles. The molecule has 0 unspecified atom stereocenters. The summed E-state index contributed by atoms with van der Waals surface area (Å²) in [6, 6.07) is 23.6. The maximum absolute atomic E-state index is 12.8. The fourth-order valence-corrected chi connectivity index (χ4v) is 11.4. The topological polar surface area (TPSA) is 329 Å². The quantitative estimate of drug-likeness (QED) is 0.0903. The Bertz CT molecular complexity index is 4380. The van der Waals surface area contributed by atoms with E-state index in [2.05, 4.69) is 60.1 Å². The van der Waals surface area contributed by atoms with Gasteiger partial charge in [0.15, 0.2) is 17.1 Å². The number of benzene rings is 3. The third-order valence-electron chi connectivity index (χ3n) is 15.8. The van der Waals surface area contributed by atoms with Gasteiger partial charge in [0.1, 0.15) is 42.4 Å². The molecular formula is C57H58N20O6. The highest BCUT2D eigenvalue weighted by molar-refractivity contribution is 5.79. The van der Waals surface area contributed by atoms with E-state index in [1.807, 2.05) is 86.5 Å². The number of aromatic amines is 2. The molecule has 0 radical (unpaired) electrons. The molecule has 3 aliphatic carbocycles. The zero-order valence-electron chi connectivity index (χ0n) is 44.8. The van der Waals surface area contributed by atoms with Crippen LogP contribution in [-0.4, -0.2) is 128 Å². The third-order valence-corrected chi connectivity index (χ3v) is 15.8. The molecule has 3 fully saturated rings. The number of nitrogens with two attached hydrogens (primary N) is 1. The van der Waals surface area contributed by atoms with E-state index in [1.54, 1.807) is 52.9 Å². The molecule has 0 atom stereocenters. The molecule has 0 spiro atoms. The first-order valence-electron chi connectivity index (χ1n) is 27.7. The van der Waals surface area contributed by atoms with Crippen LogP contribution in [0.4, 0.5) is 16.3 Å². The molecule has 0 saturated heterocycles. The van der Waals surface area contributed by atoms with E-state index < -0.39 is 6.09 Å². The van der Waals surface area contributed by atoms with Crippen LogP contribution in [0.15, 0.2) is 139 Å². The largest absolute Gasteiger partial charge is 0.446 e. The number of carbonyl (C=O) groups excluding carboxylic acids is 1. The standard InChI is InChI=1S/C22H20N8O3.C18H18N6O2.C17H20N6O/c31-21-26-17-11-24-20(29-13-25-16-3-1-2-4-18(16)29)27-19(17)30(21)14-5-7-15(8-6-14)33-22(32)28-10-9-23-12-28;25-12-7-5-11(6-8-12)24-16-14(21-18(24)26)9-19-17(22-16)23-10-20-13-3-1-2-4-15(13)23;18-13-9-19-17(23-10-20-14-3-1-2-4-15(14)23)22-16(13)21-11-5-7-12(24)8-6-11/h1-4,9-15H,5-8H2,(H,26,31);1-4,9-12,25H,5-8H2,(H,21,26);1-4,9-12,24H,5-8,18H2,(H,19,21,22). The maximum Gasteiger partial charge on any atom is 0.419 e. The van der Waals surface area contributed by atoms with Gasteiger partial charge in [-0.05, 0) is 113 Å². The first-order valence-corrected chi connectivity index (χ1v) is 27.7. The van der Waals surface area contributed by atoms with Gasteiger partial charge in [-0.3, -0.25) is 22.8 Å². The van der Waals surface area contributed by atoms with Crippen molar-refractivity contribution in [2.75, 3.05) is 11.1 Å². The first-order chi connectivity index (χ1) is 40.6. The summed E-state index contributed by atoms with van der Waals surface area (Å²) >= 11 is 0. The minimum atomic E-state index is -0.440. The summed E-state index contributed by atoms with van der Waals surface area (Å²) in [6.07, 6.45) is 22.5. The summed E-state index contributed by atoms with van der Waals surface area (Å²) in [5.41, 5.74) is 13.9. The smallest absolute Gasteiger partial charge is 0.419 e. The third kappa shape index (κ3) is 10.7. The molecule has 26 nitrogen and oxygen atoms in total. The van der Waals surface area contributed by atoms with E-state index in [4.69, 9.17) is 15.5 Å². The molecule has 12 aromatic rings. The van der Waals surface area contributed by atoms with E-state index in [0.717, 1.165) is 71.6 Å². The number of para-hydroxylation sites is 6. The van der Waals surface area contributed by atoms with Crippen molar-refractivity contribution in [1.29, 1.82) is 0 Å². The highest BCUT2D eigenvalue weighted by atomic mass is 16.6. The molecular weight excluding hydrogens is 1060 g/mol. The molecule has 26 heteroatoms. The lowest BCUT2D eigenvalue weighted by molar-refractivity contribution is 0.0665. The van der Waals surface area contributed by atoms with E-state index in [1.165, 1.54) is 17.1 Å². The van der Waals surface area contributed by atoms with Crippen molar-refractivity contribution in [3.8, 4) is 17.8 Å². The predicted octanol–water partition coefficient (Wildman–Crippen LogP) is 6.87. The average molecular weight is 1120 g/mol. The van der Waals surface area contributed by atoms with Gasteiger partial charge in [-0.25, -0.2) is 53.8 Å². The number of fused-ring (bicyclic) bond motifs is 5. The fourth-order valence-electron chi connectivity index (χ4n) is 11.4. The molecule has 3 saturated carbocycles. The minimum absolute atomic E-state index is 0.0435. The van der Waals surface area contributed by atoms with E-state index in [0.29, 0.717) is 90.2 Å². The number of ether oxygens (including phenoxy) is 1. The summed E-state index contributed by atoms with van der Waals surface area (Å²) in [5, 5.41) is 22.8. The predicted molar refractivity (Wildman–Crippen MR) is 307 cm³/mol. The lowest BCUT2D eigenvalue weighted by atomic mass is 9.93. The van der Waals surface area contributed by atoms with Gasteiger partial charge in [-0.15, -0.1) is 0 Å². The van der Waals surface area contributed by atoms with Crippen LogP contribution in [0.5, 0.6) is 0 Å². The van der Waals surface area contributed by atoms with Crippen LogP contribution in [0.1, 0.15) is 89.1 Å². The Balaban J connectivity index is 0.000000118. The fraction of sp³-hybridized carbons (Fsp3) is 0.316. The number of nitrogen functional groups attached to an aromatic ring is 1. The second kappa shape index (κ2) is 22.5. The molecule has 422 valence electrons. The van der Waals surface area contributed by atoms with Crippen LogP contribution in [0.3, 0.4) is 0 Å². The van der Waals surface area contributed by atoms with Gasteiger partial charge in [0.2, 0.25) is 17.8 Å². The van der Waals surface area contributed by atoms with Crippen LogP contribution >= 0.6 is 0 Å². The average Bonchev–Trinajstić information content (AvgIpc) is 4.04. The van der Waals surface area contributed by atoms with Crippen molar-refractivity contribution in [3.05, 3.63) is 150 Å². The second-order valence-corrected chi connectivity index (χ2v) is 21.1. The summed E-state index contributed by atoms with van der Waals surface area (Å²) in [6.45, 7) is 0. The number of anilines is 2. The molecule has 0 amide bonds. The van der Waals surface area contributed by atoms with Crippen LogP contribution in [-0.2, 0) is 4.74 Å². The molecule has 7 N–H and O–H groups in total. The van der Waals surface area contributed by atoms with Gasteiger partial charge in [0, 0.05) is 30.5 Å². The zero-order valence-corrected chi connectivity index (χ0v) is 44.8. The van der Waals surface area contributed by atoms with Crippen molar-refractivity contribution in [2.45, 2.75) is 113 Å². The summed E-state index contributed by atoms with van der Waals surface area (Å²) in [4.78, 5) is 87.3. The summed E-state index contributed by atoms with van der Waals surface area (Å²) in [7, 11) is 0. The number of imidazole rings is 6. The number of H-pyrrole nitrogens is 2.